The van der Waals surface area contributed by atoms with Crippen LogP contribution in [0.3, 0.4) is 0 Å². The molecular formula is C22H19NO4S. The Morgan fingerprint density at radius 1 is 1.00 bits per heavy atom. The molecule has 5 nitrogen and oxygen atoms in total. The number of amides is 1. The van der Waals surface area contributed by atoms with Gasteiger partial charge in [-0.1, -0.05) is 42.1 Å². The van der Waals surface area contributed by atoms with Gasteiger partial charge in [0.15, 0.2) is 18.1 Å². The minimum atomic E-state index is -0.289. The number of ether oxygens (including phenoxy) is 2. The van der Waals surface area contributed by atoms with E-state index in [0.29, 0.717) is 22.7 Å². The van der Waals surface area contributed by atoms with Crippen LogP contribution in [0.2, 0.25) is 0 Å². The number of rotatable bonds is 8. The fourth-order valence-corrected chi connectivity index (χ4v) is 3.40. The van der Waals surface area contributed by atoms with Crippen molar-refractivity contribution in [1.29, 1.82) is 0 Å². The highest BCUT2D eigenvalue weighted by Gasteiger charge is 2.11. The smallest absolute Gasteiger partial charge is 0.262 e. The van der Waals surface area contributed by atoms with E-state index in [-0.39, 0.29) is 12.5 Å². The van der Waals surface area contributed by atoms with Crippen LogP contribution in [0.15, 0.2) is 82.6 Å². The molecule has 0 aliphatic rings. The van der Waals surface area contributed by atoms with Crippen molar-refractivity contribution in [2.45, 2.75) is 9.79 Å². The molecule has 0 aliphatic heterocycles. The van der Waals surface area contributed by atoms with Gasteiger partial charge in [-0.25, -0.2) is 0 Å². The molecule has 3 rings (SSSR count). The molecular weight excluding hydrogens is 374 g/mol. The Labute approximate surface area is 167 Å². The van der Waals surface area contributed by atoms with Crippen molar-refractivity contribution in [2.75, 3.05) is 19.0 Å². The molecule has 0 saturated carbocycles. The molecule has 0 radical (unpaired) electrons. The van der Waals surface area contributed by atoms with Crippen molar-refractivity contribution in [2.24, 2.45) is 0 Å². The maximum atomic E-state index is 12.4. The number of carbonyl (C=O) groups is 2. The molecule has 142 valence electrons. The van der Waals surface area contributed by atoms with Gasteiger partial charge in [0.2, 0.25) is 0 Å². The van der Waals surface area contributed by atoms with Gasteiger partial charge in [-0.3, -0.25) is 9.59 Å². The Balaban J connectivity index is 1.65. The number of carbonyl (C=O) groups excluding carboxylic acids is 2. The molecule has 1 amide bonds. The number of methoxy groups -OCH3 is 1. The summed E-state index contributed by atoms with van der Waals surface area (Å²) < 4.78 is 10.8. The van der Waals surface area contributed by atoms with Crippen LogP contribution in [-0.2, 0) is 4.79 Å². The molecule has 0 fully saturated rings. The van der Waals surface area contributed by atoms with Crippen LogP contribution >= 0.6 is 11.8 Å². The van der Waals surface area contributed by atoms with Crippen molar-refractivity contribution in [3.63, 3.8) is 0 Å². The van der Waals surface area contributed by atoms with E-state index in [0.717, 1.165) is 16.1 Å². The zero-order chi connectivity index (χ0) is 19.8. The average Bonchev–Trinajstić information content (AvgIpc) is 2.74. The Hall–Kier alpha value is -3.25. The molecule has 28 heavy (non-hydrogen) atoms. The molecule has 0 aliphatic carbocycles. The van der Waals surface area contributed by atoms with Crippen molar-refractivity contribution >= 4 is 29.6 Å². The predicted molar refractivity (Wildman–Crippen MR) is 110 cm³/mol. The first kappa shape index (κ1) is 19.5. The summed E-state index contributed by atoms with van der Waals surface area (Å²) in [5.74, 6) is 0.509. The summed E-state index contributed by atoms with van der Waals surface area (Å²) in [6, 6.07) is 22.3. The Morgan fingerprint density at radius 3 is 2.50 bits per heavy atom. The SMILES string of the molecule is COc1cc(C=O)ccc1OCC(=O)Nc1ccccc1Sc1ccccc1. The summed E-state index contributed by atoms with van der Waals surface area (Å²) >= 11 is 1.57. The third kappa shape index (κ3) is 5.14. The van der Waals surface area contributed by atoms with E-state index in [4.69, 9.17) is 9.47 Å². The van der Waals surface area contributed by atoms with Gasteiger partial charge in [0.1, 0.15) is 6.29 Å². The van der Waals surface area contributed by atoms with Gasteiger partial charge in [0.05, 0.1) is 12.8 Å². The van der Waals surface area contributed by atoms with E-state index in [1.165, 1.54) is 7.11 Å². The minimum Gasteiger partial charge on any atom is -0.493 e. The molecule has 0 spiro atoms. The molecule has 3 aromatic rings. The van der Waals surface area contributed by atoms with Gasteiger partial charge in [-0.2, -0.15) is 0 Å². The van der Waals surface area contributed by atoms with Crippen molar-refractivity contribution < 1.29 is 19.1 Å². The lowest BCUT2D eigenvalue weighted by molar-refractivity contribution is -0.118. The predicted octanol–water partition coefficient (Wildman–Crippen LogP) is 4.68. The third-order valence-electron chi connectivity index (χ3n) is 3.81. The van der Waals surface area contributed by atoms with Crippen LogP contribution in [0.4, 0.5) is 5.69 Å². The molecule has 0 unspecified atom stereocenters. The first-order valence-electron chi connectivity index (χ1n) is 8.57. The van der Waals surface area contributed by atoms with E-state index in [9.17, 15) is 9.59 Å². The zero-order valence-corrected chi connectivity index (χ0v) is 16.1. The largest absolute Gasteiger partial charge is 0.493 e. The molecule has 0 bridgehead atoms. The van der Waals surface area contributed by atoms with E-state index >= 15 is 0 Å². The second kappa shape index (κ2) is 9.62. The standard InChI is InChI=1S/C22H19NO4S/c1-26-20-13-16(14-24)11-12-19(20)27-15-22(25)23-18-9-5-6-10-21(18)28-17-7-3-2-4-8-17/h2-14H,15H2,1H3,(H,23,25). The Bertz CT molecular complexity index is 960. The normalized spacial score (nSPS) is 10.2. The summed E-state index contributed by atoms with van der Waals surface area (Å²) in [4.78, 5) is 25.3. The number of aldehydes is 1. The Morgan fingerprint density at radius 2 is 1.75 bits per heavy atom. The molecule has 0 heterocycles. The minimum absolute atomic E-state index is 0.179. The van der Waals surface area contributed by atoms with Crippen LogP contribution in [0.1, 0.15) is 10.4 Å². The summed E-state index contributed by atoms with van der Waals surface area (Å²) in [6.45, 7) is -0.179. The lowest BCUT2D eigenvalue weighted by atomic mass is 10.2. The van der Waals surface area contributed by atoms with Crippen LogP contribution in [0.25, 0.3) is 0 Å². The fraction of sp³-hybridized carbons (Fsp3) is 0.0909. The monoisotopic (exact) mass is 393 g/mol. The number of hydrogen-bond acceptors (Lipinski definition) is 5. The maximum absolute atomic E-state index is 12.4. The van der Waals surface area contributed by atoms with Gasteiger partial charge in [-0.15, -0.1) is 0 Å². The van der Waals surface area contributed by atoms with Gasteiger partial charge in [0, 0.05) is 15.4 Å². The second-order valence-corrected chi connectivity index (χ2v) is 6.89. The van der Waals surface area contributed by atoms with Crippen molar-refractivity contribution in [3.8, 4) is 11.5 Å². The molecule has 0 atom stereocenters. The molecule has 0 saturated heterocycles. The summed E-state index contributed by atoms with van der Waals surface area (Å²) in [7, 11) is 1.48. The number of para-hydroxylation sites is 1. The third-order valence-corrected chi connectivity index (χ3v) is 4.90. The van der Waals surface area contributed by atoms with Gasteiger partial charge < -0.3 is 14.8 Å². The quantitative estimate of drug-likeness (QED) is 0.563. The van der Waals surface area contributed by atoms with Crippen molar-refractivity contribution in [3.05, 3.63) is 78.4 Å². The summed E-state index contributed by atoms with van der Waals surface area (Å²) in [5.41, 5.74) is 1.19. The number of benzene rings is 3. The first-order chi connectivity index (χ1) is 13.7. The fourth-order valence-electron chi connectivity index (χ4n) is 2.48. The number of hydrogen-bond donors (Lipinski definition) is 1. The van der Waals surface area contributed by atoms with Crippen LogP contribution in [-0.4, -0.2) is 25.9 Å². The van der Waals surface area contributed by atoms with E-state index in [1.54, 1.807) is 30.0 Å². The van der Waals surface area contributed by atoms with Gasteiger partial charge >= 0.3 is 0 Å². The van der Waals surface area contributed by atoms with E-state index < -0.39 is 0 Å². The second-order valence-electron chi connectivity index (χ2n) is 5.78. The molecule has 0 aromatic heterocycles. The average molecular weight is 393 g/mol. The van der Waals surface area contributed by atoms with E-state index in [1.807, 2.05) is 54.6 Å². The lowest BCUT2D eigenvalue weighted by Gasteiger charge is -2.13. The van der Waals surface area contributed by atoms with Crippen LogP contribution in [0, 0.1) is 0 Å². The highest BCUT2D eigenvalue weighted by Crippen LogP contribution is 2.33. The zero-order valence-electron chi connectivity index (χ0n) is 15.3. The Kier molecular flexibility index (Phi) is 6.70. The van der Waals surface area contributed by atoms with Gasteiger partial charge in [-0.05, 0) is 42.5 Å². The van der Waals surface area contributed by atoms with Crippen molar-refractivity contribution in [1.82, 2.24) is 0 Å². The van der Waals surface area contributed by atoms with Gasteiger partial charge in [0.25, 0.3) is 5.91 Å². The number of anilines is 1. The topological polar surface area (TPSA) is 64.6 Å². The van der Waals surface area contributed by atoms with E-state index in [2.05, 4.69) is 5.32 Å². The summed E-state index contributed by atoms with van der Waals surface area (Å²) in [6.07, 6.45) is 0.723. The number of nitrogens with one attached hydrogen (secondary N) is 1. The summed E-state index contributed by atoms with van der Waals surface area (Å²) in [5, 5.41) is 2.88. The van der Waals surface area contributed by atoms with Crippen LogP contribution < -0.4 is 14.8 Å². The molecule has 3 aromatic carbocycles. The van der Waals surface area contributed by atoms with Crippen LogP contribution in [0.5, 0.6) is 11.5 Å². The highest BCUT2D eigenvalue weighted by molar-refractivity contribution is 7.99. The molecule has 6 heteroatoms. The maximum Gasteiger partial charge on any atom is 0.262 e. The lowest BCUT2D eigenvalue weighted by Crippen LogP contribution is -2.20. The highest BCUT2D eigenvalue weighted by atomic mass is 32.2. The first-order valence-corrected chi connectivity index (χ1v) is 9.39. The molecule has 1 N–H and O–H groups in total.